The first-order chi connectivity index (χ1) is 15.7. The number of nitrogens with zero attached hydrogens (tertiary/aromatic N) is 1. The zero-order chi connectivity index (χ0) is 24.0. The van der Waals surface area contributed by atoms with Crippen molar-refractivity contribution in [3.8, 4) is 11.5 Å². The fourth-order valence-electron chi connectivity index (χ4n) is 3.08. The summed E-state index contributed by atoms with van der Waals surface area (Å²) in [5.74, 6) is -0.390. The second-order valence-electron chi connectivity index (χ2n) is 7.38. The van der Waals surface area contributed by atoms with Crippen molar-refractivity contribution in [2.45, 2.75) is 24.8 Å². The molecule has 0 saturated carbocycles. The van der Waals surface area contributed by atoms with E-state index < -0.39 is 28.3 Å². The Balaban J connectivity index is 1.91. The summed E-state index contributed by atoms with van der Waals surface area (Å²) in [5.41, 5.74) is 0.189. The van der Waals surface area contributed by atoms with Crippen LogP contribution in [0.5, 0.6) is 11.5 Å². The Morgan fingerprint density at radius 1 is 1.00 bits per heavy atom. The number of sulfonamides is 1. The molecule has 7 nitrogen and oxygen atoms in total. The molecule has 9 heteroatoms. The summed E-state index contributed by atoms with van der Waals surface area (Å²) in [6, 6.07) is 17.7. The van der Waals surface area contributed by atoms with E-state index in [-0.39, 0.29) is 16.7 Å². The Bertz CT molecular complexity index is 1210. The molecule has 0 unspecified atom stereocenters. The van der Waals surface area contributed by atoms with Crippen molar-refractivity contribution < 1.29 is 27.1 Å². The third kappa shape index (κ3) is 6.01. The maximum absolute atomic E-state index is 14.6. The smallest absolute Gasteiger partial charge is 0.264 e. The Hall–Kier alpha value is -3.59. The van der Waals surface area contributed by atoms with Gasteiger partial charge in [-0.15, -0.1) is 0 Å². The molecule has 1 N–H and O–H groups in total. The third-order valence-electron chi connectivity index (χ3n) is 4.55. The number of hydrogen-bond donors (Lipinski definition) is 1. The molecule has 3 rings (SSSR count). The summed E-state index contributed by atoms with van der Waals surface area (Å²) in [7, 11) is -2.80. The van der Waals surface area contributed by atoms with Gasteiger partial charge in [0.2, 0.25) is 5.91 Å². The number of nitrogens with one attached hydrogen (secondary N) is 1. The van der Waals surface area contributed by atoms with Crippen molar-refractivity contribution >= 4 is 27.3 Å². The lowest BCUT2D eigenvalue weighted by Crippen LogP contribution is -2.38. The lowest BCUT2D eigenvalue weighted by atomic mass is 10.3. The molecule has 0 aliphatic heterocycles. The summed E-state index contributed by atoms with van der Waals surface area (Å²) in [6.07, 6.45) is -0.0536. The molecule has 0 saturated heterocycles. The SMILES string of the molecule is COc1ccc(S(=O)(=O)N(CC(=O)Nc2cccc(OC(C)C)c2)c2ccccc2F)cc1. The van der Waals surface area contributed by atoms with Crippen molar-refractivity contribution in [1.29, 1.82) is 0 Å². The fraction of sp³-hybridized carbons (Fsp3) is 0.208. The average Bonchev–Trinajstić information content (AvgIpc) is 2.78. The van der Waals surface area contributed by atoms with Crippen LogP contribution in [0.4, 0.5) is 15.8 Å². The average molecular weight is 473 g/mol. The second-order valence-corrected chi connectivity index (χ2v) is 9.24. The van der Waals surface area contributed by atoms with Crippen LogP contribution in [0, 0.1) is 5.82 Å². The molecule has 0 aliphatic rings. The highest BCUT2D eigenvalue weighted by Gasteiger charge is 2.29. The number of ether oxygens (including phenoxy) is 2. The molecule has 0 atom stereocenters. The molecule has 3 aromatic rings. The highest BCUT2D eigenvalue weighted by Crippen LogP contribution is 2.27. The quantitative estimate of drug-likeness (QED) is 0.497. The summed E-state index contributed by atoms with van der Waals surface area (Å²) >= 11 is 0. The van der Waals surface area contributed by atoms with E-state index in [1.54, 1.807) is 24.3 Å². The van der Waals surface area contributed by atoms with E-state index in [1.807, 2.05) is 13.8 Å². The molecule has 1 amide bonds. The summed E-state index contributed by atoms with van der Waals surface area (Å²) in [4.78, 5) is 12.7. The zero-order valence-corrected chi connectivity index (χ0v) is 19.3. The zero-order valence-electron chi connectivity index (χ0n) is 18.5. The predicted octanol–water partition coefficient (Wildman–Crippen LogP) is 4.46. The summed E-state index contributed by atoms with van der Waals surface area (Å²) < 4.78 is 52.7. The van der Waals surface area contributed by atoms with Crippen molar-refractivity contribution in [2.24, 2.45) is 0 Å². The summed E-state index contributed by atoms with van der Waals surface area (Å²) in [5, 5.41) is 2.65. The Labute approximate surface area is 192 Å². The molecular formula is C24H25FN2O5S. The van der Waals surface area contributed by atoms with E-state index >= 15 is 0 Å². The number of amides is 1. The van der Waals surface area contributed by atoms with Crippen molar-refractivity contribution in [3.05, 3.63) is 78.6 Å². The molecular weight excluding hydrogens is 447 g/mol. The number of carbonyl (C=O) groups is 1. The van der Waals surface area contributed by atoms with Crippen molar-refractivity contribution in [3.63, 3.8) is 0 Å². The number of hydrogen-bond acceptors (Lipinski definition) is 5. The van der Waals surface area contributed by atoms with Crippen LogP contribution >= 0.6 is 0 Å². The number of halogens is 1. The van der Waals surface area contributed by atoms with Gasteiger partial charge in [-0.25, -0.2) is 12.8 Å². The Kier molecular flexibility index (Phi) is 7.55. The molecule has 3 aromatic carbocycles. The Morgan fingerprint density at radius 2 is 1.70 bits per heavy atom. The topological polar surface area (TPSA) is 84.9 Å². The van der Waals surface area contributed by atoms with E-state index in [0.717, 1.165) is 10.4 Å². The fourth-order valence-corrected chi connectivity index (χ4v) is 4.51. The van der Waals surface area contributed by atoms with Crippen LogP contribution in [-0.4, -0.2) is 34.1 Å². The van der Waals surface area contributed by atoms with E-state index in [9.17, 15) is 17.6 Å². The van der Waals surface area contributed by atoms with Crippen LogP contribution in [-0.2, 0) is 14.8 Å². The van der Waals surface area contributed by atoms with Gasteiger partial charge in [-0.05, 0) is 62.4 Å². The van der Waals surface area contributed by atoms with Crippen LogP contribution in [0.3, 0.4) is 0 Å². The minimum Gasteiger partial charge on any atom is -0.497 e. The molecule has 0 bridgehead atoms. The number of benzene rings is 3. The first-order valence-electron chi connectivity index (χ1n) is 10.2. The predicted molar refractivity (Wildman–Crippen MR) is 125 cm³/mol. The standard InChI is InChI=1S/C24H25FN2O5S/c1-17(2)32-20-8-6-7-18(15-20)26-24(28)16-27(23-10-5-4-9-22(23)25)33(29,30)21-13-11-19(31-3)12-14-21/h4-15,17H,16H2,1-3H3,(H,26,28). The number of carbonyl (C=O) groups excluding carboxylic acids is 1. The number of para-hydroxylation sites is 1. The molecule has 0 aliphatic carbocycles. The van der Waals surface area contributed by atoms with Crippen molar-refractivity contribution in [1.82, 2.24) is 0 Å². The van der Waals surface area contributed by atoms with Gasteiger partial charge in [-0.1, -0.05) is 18.2 Å². The Morgan fingerprint density at radius 3 is 2.33 bits per heavy atom. The summed E-state index contributed by atoms with van der Waals surface area (Å²) in [6.45, 7) is 3.12. The molecule has 0 aromatic heterocycles. The van der Waals surface area contributed by atoms with E-state index in [1.165, 1.54) is 49.6 Å². The van der Waals surface area contributed by atoms with Crippen LogP contribution < -0.4 is 19.1 Å². The van der Waals surface area contributed by atoms with Gasteiger partial charge in [0.1, 0.15) is 23.9 Å². The maximum atomic E-state index is 14.6. The van der Waals surface area contributed by atoms with Gasteiger partial charge in [-0.3, -0.25) is 9.10 Å². The van der Waals surface area contributed by atoms with Crippen LogP contribution in [0.1, 0.15) is 13.8 Å². The molecule has 0 fully saturated rings. The van der Waals surface area contributed by atoms with Gasteiger partial charge in [-0.2, -0.15) is 0 Å². The highest BCUT2D eigenvalue weighted by molar-refractivity contribution is 7.92. The first-order valence-corrected chi connectivity index (χ1v) is 11.6. The molecule has 0 spiro atoms. The van der Waals surface area contributed by atoms with Crippen molar-refractivity contribution in [2.75, 3.05) is 23.3 Å². The van der Waals surface area contributed by atoms with Gasteiger partial charge in [0.25, 0.3) is 10.0 Å². The van der Waals surface area contributed by atoms with E-state index in [2.05, 4.69) is 5.32 Å². The van der Waals surface area contributed by atoms with Gasteiger partial charge in [0.15, 0.2) is 0 Å². The van der Waals surface area contributed by atoms with Crippen LogP contribution in [0.15, 0.2) is 77.7 Å². The van der Waals surface area contributed by atoms with Crippen LogP contribution in [0.25, 0.3) is 0 Å². The largest absolute Gasteiger partial charge is 0.497 e. The normalized spacial score (nSPS) is 11.2. The third-order valence-corrected chi connectivity index (χ3v) is 6.32. The van der Waals surface area contributed by atoms with Crippen LogP contribution in [0.2, 0.25) is 0 Å². The number of rotatable bonds is 9. The lowest BCUT2D eigenvalue weighted by Gasteiger charge is -2.24. The van der Waals surface area contributed by atoms with Gasteiger partial charge < -0.3 is 14.8 Å². The molecule has 33 heavy (non-hydrogen) atoms. The molecule has 0 heterocycles. The van der Waals surface area contributed by atoms with Gasteiger partial charge >= 0.3 is 0 Å². The highest BCUT2D eigenvalue weighted by atomic mass is 32.2. The minimum atomic E-state index is -4.26. The lowest BCUT2D eigenvalue weighted by molar-refractivity contribution is -0.114. The number of methoxy groups -OCH3 is 1. The molecule has 0 radical (unpaired) electrons. The van der Waals surface area contributed by atoms with Gasteiger partial charge in [0, 0.05) is 11.8 Å². The first kappa shape index (κ1) is 24.1. The minimum absolute atomic E-state index is 0.0536. The number of anilines is 2. The second kappa shape index (κ2) is 10.4. The molecule has 174 valence electrons. The van der Waals surface area contributed by atoms with E-state index in [0.29, 0.717) is 17.2 Å². The monoisotopic (exact) mass is 472 g/mol. The maximum Gasteiger partial charge on any atom is 0.264 e. The van der Waals surface area contributed by atoms with E-state index in [4.69, 9.17) is 9.47 Å². The van der Waals surface area contributed by atoms with Gasteiger partial charge in [0.05, 0.1) is 23.8 Å².